The van der Waals surface area contributed by atoms with Crippen LogP contribution in [0.25, 0.3) is 0 Å². The second kappa shape index (κ2) is 11.6. The number of hydrogen-bond acceptors (Lipinski definition) is 5. The Kier molecular flexibility index (Phi) is 8.79. The molecule has 1 saturated carbocycles. The molecule has 0 aliphatic heterocycles. The minimum absolute atomic E-state index is 0.0655. The average molecular weight is 637 g/mol. The van der Waals surface area contributed by atoms with Gasteiger partial charge in [0.1, 0.15) is 6.04 Å². The molecule has 1 spiro atoms. The molecule has 1 unspecified atom stereocenters. The summed E-state index contributed by atoms with van der Waals surface area (Å²) < 4.78 is 0.455. The van der Waals surface area contributed by atoms with Gasteiger partial charge in [-0.25, -0.2) is 4.79 Å². The van der Waals surface area contributed by atoms with Gasteiger partial charge in [0, 0.05) is 29.7 Å². The zero-order valence-corrected chi connectivity index (χ0v) is 25.2. The molecule has 0 bridgehead atoms. The Hall–Kier alpha value is -2.42. The van der Waals surface area contributed by atoms with Gasteiger partial charge in [-0.2, -0.15) is 0 Å². The number of anilines is 1. The molecule has 3 N–H and O–H groups in total. The largest absolute Gasteiger partial charge is 0.480 e. The van der Waals surface area contributed by atoms with E-state index in [1.807, 2.05) is 12.1 Å². The second-order valence-electron chi connectivity index (χ2n) is 11.5. The number of halogens is 3. The van der Waals surface area contributed by atoms with Crippen molar-refractivity contribution in [3.05, 3.63) is 68.0 Å². The van der Waals surface area contributed by atoms with E-state index in [1.54, 1.807) is 12.1 Å². The minimum Gasteiger partial charge on any atom is -0.480 e. The Bertz CT molecular complexity index is 1290. The zero-order valence-electron chi connectivity index (χ0n) is 22.1. The molecule has 39 heavy (non-hydrogen) atoms. The summed E-state index contributed by atoms with van der Waals surface area (Å²) >= 11 is 15.7. The van der Waals surface area contributed by atoms with Crippen LogP contribution in [-0.4, -0.2) is 33.8 Å². The van der Waals surface area contributed by atoms with Crippen LogP contribution in [0.4, 0.5) is 5.69 Å². The highest BCUT2D eigenvalue weighted by Crippen LogP contribution is 2.54. The number of aliphatic carboxylic acids is 1. The lowest BCUT2D eigenvalue weighted by molar-refractivity contribution is -0.141. The lowest BCUT2D eigenvalue weighted by atomic mass is 9.62. The highest BCUT2D eigenvalue weighted by Gasteiger charge is 2.54. The number of benzene rings is 1. The van der Waals surface area contributed by atoms with E-state index in [9.17, 15) is 19.5 Å². The van der Waals surface area contributed by atoms with E-state index in [-0.39, 0.29) is 26.8 Å². The number of nitrogens with one attached hydrogen (secondary N) is 2. The van der Waals surface area contributed by atoms with Gasteiger partial charge in [-0.1, -0.05) is 75.4 Å². The third-order valence-electron chi connectivity index (χ3n) is 7.52. The topological polar surface area (TPSA) is 108 Å². The molecule has 2 aliphatic carbocycles. The maximum absolute atomic E-state index is 12.9. The Labute approximate surface area is 246 Å². The van der Waals surface area contributed by atoms with Crippen molar-refractivity contribution < 1.29 is 19.5 Å². The third-order valence-corrected chi connectivity index (χ3v) is 8.85. The first-order valence-corrected chi connectivity index (χ1v) is 14.5. The standard InChI is InChI=1S/C29H32BrCl2N3O4/c1-28(2,3)13-18(23(27(38)39)35-24-22(30)25(36)29(24)11-5-4-6-12-29)16-7-9-17(10-8-16)34-26(37)21-19(31)14-33-15-20(21)32/h7-10,14-15,18,23,35H,4-6,11-13H2,1-3H3,(H,34,37)(H,38,39)/t18?,23-/m0/s1. The molecule has 208 valence electrons. The number of rotatable bonds is 8. The van der Waals surface area contributed by atoms with Crippen LogP contribution in [-0.2, 0) is 9.59 Å². The first-order chi connectivity index (χ1) is 18.3. The quantitative estimate of drug-likeness (QED) is 0.280. The Morgan fingerprint density at radius 2 is 1.67 bits per heavy atom. The molecular formula is C29H32BrCl2N3O4. The van der Waals surface area contributed by atoms with Crippen molar-refractivity contribution in [2.24, 2.45) is 10.8 Å². The van der Waals surface area contributed by atoms with Crippen LogP contribution in [0.3, 0.4) is 0 Å². The summed E-state index contributed by atoms with van der Waals surface area (Å²) in [6.45, 7) is 6.21. The number of aromatic nitrogens is 1. The number of carboxylic acid groups (broad SMARTS) is 1. The van der Waals surface area contributed by atoms with Crippen LogP contribution in [0, 0.1) is 10.8 Å². The number of allylic oxidation sites excluding steroid dienone is 2. The van der Waals surface area contributed by atoms with Gasteiger partial charge < -0.3 is 15.7 Å². The van der Waals surface area contributed by atoms with Gasteiger partial charge in [-0.05, 0) is 58.3 Å². The molecule has 10 heteroatoms. The van der Waals surface area contributed by atoms with E-state index in [4.69, 9.17) is 23.2 Å². The second-order valence-corrected chi connectivity index (χ2v) is 13.2. The summed E-state index contributed by atoms with van der Waals surface area (Å²) in [5.74, 6) is -1.79. The first kappa shape index (κ1) is 29.6. The molecule has 2 aromatic rings. The SMILES string of the molecule is CC(C)(C)CC(c1ccc(NC(=O)c2c(Cl)cncc2Cl)cc1)[C@H](NC1=C(Br)C(=O)C12CCCCC2)C(=O)O. The van der Waals surface area contributed by atoms with E-state index < -0.39 is 29.3 Å². The molecule has 2 aliphatic rings. The van der Waals surface area contributed by atoms with Crippen LogP contribution in [0.1, 0.15) is 81.1 Å². The van der Waals surface area contributed by atoms with Crippen LogP contribution in [0.2, 0.25) is 10.0 Å². The third kappa shape index (κ3) is 6.18. The number of pyridine rings is 1. The number of carbonyl (C=O) groups excluding carboxylic acids is 2. The van der Waals surface area contributed by atoms with Crippen molar-refractivity contribution >= 4 is 62.5 Å². The predicted molar refractivity (Wildman–Crippen MR) is 157 cm³/mol. The Morgan fingerprint density at radius 3 is 2.21 bits per heavy atom. The van der Waals surface area contributed by atoms with Gasteiger partial charge >= 0.3 is 5.97 Å². The maximum atomic E-state index is 12.9. The molecular weight excluding hydrogens is 605 g/mol. The van der Waals surface area contributed by atoms with Gasteiger partial charge in [0.05, 0.1) is 25.5 Å². The molecule has 0 radical (unpaired) electrons. The molecule has 1 aromatic heterocycles. The molecule has 1 aromatic carbocycles. The van der Waals surface area contributed by atoms with Gasteiger partial charge in [0.15, 0.2) is 5.78 Å². The smallest absolute Gasteiger partial charge is 0.326 e. The van der Waals surface area contributed by atoms with Gasteiger partial charge in [-0.3, -0.25) is 14.6 Å². The zero-order chi connectivity index (χ0) is 28.5. The van der Waals surface area contributed by atoms with Gasteiger partial charge in [-0.15, -0.1) is 0 Å². The molecule has 7 nitrogen and oxygen atoms in total. The minimum atomic E-state index is -0.985. The van der Waals surface area contributed by atoms with Crippen LogP contribution >= 0.6 is 39.1 Å². The Morgan fingerprint density at radius 1 is 1.08 bits per heavy atom. The van der Waals surface area contributed by atoms with Gasteiger partial charge in [0.2, 0.25) is 0 Å². The highest BCUT2D eigenvalue weighted by atomic mass is 79.9. The monoisotopic (exact) mass is 635 g/mol. The number of Topliss-reactive ketones (excluding diaryl/α,β-unsaturated/α-hetero) is 1. The summed E-state index contributed by atoms with van der Waals surface area (Å²) in [6.07, 6.45) is 7.73. The van der Waals surface area contributed by atoms with Crippen molar-refractivity contribution in [2.45, 2.75) is 71.3 Å². The highest BCUT2D eigenvalue weighted by molar-refractivity contribution is 9.12. The van der Waals surface area contributed by atoms with Crippen molar-refractivity contribution in [2.75, 3.05) is 5.32 Å². The normalized spacial score (nSPS) is 18.4. The summed E-state index contributed by atoms with van der Waals surface area (Å²) in [4.78, 5) is 42.3. The van der Waals surface area contributed by atoms with Crippen molar-refractivity contribution in [3.8, 4) is 0 Å². The number of hydrogen-bond donors (Lipinski definition) is 3. The Balaban J connectivity index is 1.61. The van der Waals surface area contributed by atoms with Crippen molar-refractivity contribution in [1.29, 1.82) is 0 Å². The lowest BCUT2D eigenvalue weighted by Crippen LogP contribution is -2.54. The number of carboxylic acids is 1. The molecule has 1 amide bonds. The fourth-order valence-corrected chi connectivity index (χ4v) is 7.04. The fourth-order valence-electron chi connectivity index (χ4n) is 5.63. The summed E-state index contributed by atoms with van der Waals surface area (Å²) in [6, 6.07) is 6.16. The summed E-state index contributed by atoms with van der Waals surface area (Å²) in [5, 5.41) is 16.8. The van der Waals surface area contributed by atoms with E-state index in [2.05, 4.69) is 52.3 Å². The summed E-state index contributed by atoms with van der Waals surface area (Å²) in [7, 11) is 0. The van der Waals surface area contributed by atoms with Crippen LogP contribution < -0.4 is 10.6 Å². The molecule has 2 atom stereocenters. The molecule has 4 rings (SSSR count). The van der Waals surface area contributed by atoms with Crippen LogP contribution in [0.15, 0.2) is 46.8 Å². The molecule has 0 saturated heterocycles. The maximum Gasteiger partial charge on any atom is 0.326 e. The van der Waals surface area contributed by atoms with E-state index in [0.717, 1.165) is 37.7 Å². The number of carbonyl (C=O) groups is 3. The first-order valence-electron chi connectivity index (χ1n) is 13.0. The van der Waals surface area contributed by atoms with Crippen LogP contribution in [0.5, 0.6) is 0 Å². The van der Waals surface area contributed by atoms with Crippen molar-refractivity contribution in [3.63, 3.8) is 0 Å². The summed E-state index contributed by atoms with van der Waals surface area (Å²) in [5.41, 5.74) is 1.38. The van der Waals surface area contributed by atoms with E-state index in [1.165, 1.54) is 12.4 Å². The number of ketones is 1. The van der Waals surface area contributed by atoms with E-state index in [0.29, 0.717) is 22.3 Å². The molecule has 1 fully saturated rings. The number of amides is 1. The van der Waals surface area contributed by atoms with Gasteiger partial charge in [0.25, 0.3) is 5.91 Å². The van der Waals surface area contributed by atoms with Crippen molar-refractivity contribution in [1.82, 2.24) is 10.3 Å². The lowest BCUT2D eigenvalue weighted by Gasteiger charge is -2.47. The average Bonchev–Trinajstić information content (AvgIpc) is 2.87. The fraction of sp³-hybridized carbons (Fsp3) is 0.448. The number of nitrogens with zero attached hydrogens (tertiary/aromatic N) is 1. The molecule has 1 heterocycles. The van der Waals surface area contributed by atoms with E-state index >= 15 is 0 Å². The predicted octanol–water partition coefficient (Wildman–Crippen LogP) is 7.34.